The van der Waals surface area contributed by atoms with Crippen LogP contribution in [0.15, 0.2) is 18.2 Å². The Morgan fingerprint density at radius 2 is 2.24 bits per heavy atom. The van der Waals surface area contributed by atoms with Crippen molar-refractivity contribution in [2.24, 2.45) is 5.41 Å². The summed E-state index contributed by atoms with van der Waals surface area (Å²) in [5, 5.41) is 14.0. The summed E-state index contributed by atoms with van der Waals surface area (Å²) in [6.07, 6.45) is 3.78. The Morgan fingerprint density at radius 3 is 2.71 bits per heavy atom. The van der Waals surface area contributed by atoms with Crippen molar-refractivity contribution in [3.63, 3.8) is 0 Å². The van der Waals surface area contributed by atoms with Crippen LogP contribution in [-0.4, -0.2) is 11.5 Å². The highest BCUT2D eigenvalue weighted by Gasteiger charge is 2.40. The Bertz CT molecular complexity index is 444. The van der Waals surface area contributed by atoms with Crippen molar-refractivity contribution in [3.05, 3.63) is 31.9 Å². The standard InChI is InChI=1S/C12H15IN2O2/c1-2-12(5-6-12)8-14-11-4-3-9(15(16)17)7-10(11)13/h3-4,7,14H,2,5-6,8H2,1H3. The van der Waals surface area contributed by atoms with E-state index < -0.39 is 0 Å². The molecule has 2 rings (SSSR count). The molecule has 0 saturated heterocycles. The van der Waals surface area contributed by atoms with Crippen molar-refractivity contribution in [1.29, 1.82) is 0 Å². The number of hydrogen-bond acceptors (Lipinski definition) is 3. The van der Waals surface area contributed by atoms with Gasteiger partial charge >= 0.3 is 0 Å². The summed E-state index contributed by atoms with van der Waals surface area (Å²) in [6, 6.07) is 4.95. The molecule has 17 heavy (non-hydrogen) atoms. The molecule has 1 aliphatic carbocycles. The minimum Gasteiger partial charge on any atom is -0.384 e. The number of hydrogen-bond donors (Lipinski definition) is 1. The van der Waals surface area contributed by atoms with Crippen molar-refractivity contribution in [2.45, 2.75) is 26.2 Å². The summed E-state index contributed by atoms with van der Waals surface area (Å²) in [5.41, 5.74) is 1.62. The van der Waals surface area contributed by atoms with Crippen LogP contribution in [-0.2, 0) is 0 Å². The third-order valence-electron chi connectivity index (χ3n) is 3.52. The van der Waals surface area contributed by atoms with Crippen molar-refractivity contribution in [3.8, 4) is 0 Å². The van der Waals surface area contributed by atoms with Crippen LogP contribution >= 0.6 is 22.6 Å². The molecule has 1 saturated carbocycles. The molecule has 5 heteroatoms. The molecule has 0 spiro atoms. The fraction of sp³-hybridized carbons (Fsp3) is 0.500. The molecule has 1 N–H and O–H groups in total. The summed E-state index contributed by atoms with van der Waals surface area (Å²) >= 11 is 2.14. The monoisotopic (exact) mass is 346 g/mol. The minimum absolute atomic E-state index is 0.150. The Labute approximate surface area is 114 Å². The predicted octanol–water partition coefficient (Wildman–Crippen LogP) is 3.80. The van der Waals surface area contributed by atoms with E-state index in [9.17, 15) is 10.1 Å². The second-order valence-corrected chi connectivity index (χ2v) is 5.79. The molecule has 0 unspecified atom stereocenters. The van der Waals surface area contributed by atoms with Crippen LogP contribution in [0.25, 0.3) is 0 Å². The Kier molecular flexibility index (Phi) is 3.56. The van der Waals surface area contributed by atoms with Crippen molar-refractivity contribution in [1.82, 2.24) is 0 Å². The Morgan fingerprint density at radius 1 is 1.53 bits per heavy atom. The minimum atomic E-state index is -0.361. The normalized spacial score (nSPS) is 16.6. The smallest absolute Gasteiger partial charge is 0.270 e. The number of non-ortho nitro benzene ring substituents is 1. The van der Waals surface area contributed by atoms with Crippen molar-refractivity contribution < 1.29 is 4.92 Å². The predicted molar refractivity (Wildman–Crippen MR) is 76.3 cm³/mol. The number of nitrogens with zero attached hydrogens (tertiary/aromatic N) is 1. The molecule has 1 aromatic carbocycles. The topological polar surface area (TPSA) is 55.2 Å². The van der Waals surface area contributed by atoms with Gasteiger partial charge in [0.15, 0.2) is 0 Å². The number of nitrogens with one attached hydrogen (secondary N) is 1. The highest BCUT2D eigenvalue weighted by Crippen LogP contribution is 2.48. The molecule has 92 valence electrons. The molecule has 0 amide bonds. The lowest BCUT2D eigenvalue weighted by molar-refractivity contribution is -0.384. The van der Waals surface area contributed by atoms with Gasteiger partial charge in [0.25, 0.3) is 5.69 Å². The van der Waals surface area contributed by atoms with Gasteiger partial charge in [-0.2, -0.15) is 0 Å². The first-order chi connectivity index (χ1) is 8.06. The number of nitro benzene ring substituents is 1. The Hall–Kier alpha value is -0.850. The second kappa shape index (κ2) is 4.80. The largest absolute Gasteiger partial charge is 0.384 e. The van der Waals surface area contributed by atoms with Gasteiger partial charge in [0, 0.05) is 27.9 Å². The maximum Gasteiger partial charge on any atom is 0.270 e. The van der Waals surface area contributed by atoms with Crippen LogP contribution in [0.3, 0.4) is 0 Å². The van der Waals surface area contributed by atoms with Crippen LogP contribution in [0, 0.1) is 19.1 Å². The fourth-order valence-corrected chi connectivity index (χ4v) is 2.57. The van der Waals surface area contributed by atoms with E-state index in [1.54, 1.807) is 18.2 Å². The molecule has 0 aromatic heterocycles. The third-order valence-corrected chi connectivity index (χ3v) is 4.42. The SMILES string of the molecule is CCC1(CNc2ccc([N+](=O)[O-])cc2I)CC1. The summed E-state index contributed by atoms with van der Waals surface area (Å²) in [5.74, 6) is 0. The van der Waals surface area contributed by atoms with E-state index in [2.05, 4.69) is 34.8 Å². The molecule has 0 bridgehead atoms. The molecule has 0 radical (unpaired) electrons. The highest BCUT2D eigenvalue weighted by molar-refractivity contribution is 14.1. The first-order valence-electron chi connectivity index (χ1n) is 5.74. The van der Waals surface area contributed by atoms with Gasteiger partial charge in [-0.15, -0.1) is 0 Å². The first-order valence-corrected chi connectivity index (χ1v) is 6.82. The van der Waals surface area contributed by atoms with Crippen molar-refractivity contribution in [2.75, 3.05) is 11.9 Å². The maximum atomic E-state index is 10.6. The highest BCUT2D eigenvalue weighted by atomic mass is 127. The van der Waals surface area contributed by atoms with Gasteiger partial charge in [-0.3, -0.25) is 10.1 Å². The zero-order valence-corrected chi connectivity index (χ0v) is 11.9. The van der Waals surface area contributed by atoms with Crippen LogP contribution < -0.4 is 5.32 Å². The number of benzene rings is 1. The van der Waals surface area contributed by atoms with E-state index in [4.69, 9.17) is 0 Å². The number of anilines is 1. The van der Waals surface area contributed by atoms with Gasteiger partial charge in [-0.1, -0.05) is 6.92 Å². The van der Waals surface area contributed by atoms with Gasteiger partial charge in [0.2, 0.25) is 0 Å². The second-order valence-electron chi connectivity index (χ2n) is 4.63. The quantitative estimate of drug-likeness (QED) is 0.501. The average Bonchev–Trinajstić information content (AvgIpc) is 3.08. The van der Waals surface area contributed by atoms with E-state index in [0.29, 0.717) is 5.41 Å². The summed E-state index contributed by atoms with van der Waals surface area (Å²) in [7, 11) is 0. The summed E-state index contributed by atoms with van der Waals surface area (Å²) in [6.45, 7) is 3.19. The molecule has 4 nitrogen and oxygen atoms in total. The maximum absolute atomic E-state index is 10.6. The van der Waals surface area contributed by atoms with E-state index in [1.807, 2.05) is 0 Å². The van der Waals surface area contributed by atoms with E-state index in [0.717, 1.165) is 15.8 Å². The summed E-state index contributed by atoms with van der Waals surface area (Å²) in [4.78, 5) is 10.3. The zero-order valence-electron chi connectivity index (χ0n) is 9.70. The van der Waals surface area contributed by atoms with E-state index in [1.165, 1.54) is 19.3 Å². The Balaban J connectivity index is 2.04. The van der Waals surface area contributed by atoms with Gasteiger partial charge in [0.05, 0.1) is 4.92 Å². The lowest BCUT2D eigenvalue weighted by Gasteiger charge is -2.15. The molecular weight excluding hydrogens is 331 g/mol. The zero-order chi connectivity index (χ0) is 12.5. The van der Waals surface area contributed by atoms with Crippen molar-refractivity contribution >= 4 is 34.0 Å². The number of halogens is 1. The van der Waals surface area contributed by atoms with E-state index in [-0.39, 0.29) is 10.6 Å². The number of nitro groups is 1. The van der Waals surface area contributed by atoms with Gasteiger partial charge in [0.1, 0.15) is 0 Å². The molecule has 1 aromatic rings. The van der Waals surface area contributed by atoms with Crippen LogP contribution in [0.1, 0.15) is 26.2 Å². The third kappa shape index (κ3) is 2.88. The summed E-state index contributed by atoms with van der Waals surface area (Å²) < 4.78 is 0.906. The van der Waals surface area contributed by atoms with Crippen LogP contribution in [0.5, 0.6) is 0 Å². The average molecular weight is 346 g/mol. The molecule has 0 aliphatic heterocycles. The first kappa shape index (κ1) is 12.6. The lowest BCUT2D eigenvalue weighted by atomic mass is 10.0. The van der Waals surface area contributed by atoms with Crippen LogP contribution in [0.2, 0.25) is 0 Å². The fourth-order valence-electron chi connectivity index (χ4n) is 1.88. The lowest BCUT2D eigenvalue weighted by Crippen LogP contribution is -2.15. The molecule has 0 heterocycles. The van der Waals surface area contributed by atoms with Gasteiger partial charge in [-0.05, 0) is 53.3 Å². The molecule has 1 fully saturated rings. The van der Waals surface area contributed by atoms with Gasteiger partial charge in [-0.25, -0.2) is 0 Å². The van der Waals surface area contributed by atoms with E-state index >= 15 is 0 Å². The van der Waals surface area contributed by atoms with Crippen LogP contribution in [0.4, 0.5) is 11.4 Å². The molecule has 1 aliphatic rings. The molecular formula is C12H15IN2O2. The molecule has 0 atom stereocenters. The number of rotatable bonds is 5. The van der Waals surface area contributed by atoms with Gasteiger partial charge < -0.3 is 5.32 Å².